The van der Waals surface area contributed by atoms with Crippen molar-refractivity contribution in [1.29, 1.82) is 0 Å². The SMILES string of the molecule is Cc1cccc2c(=O)n(CC(=O)N3CCN(c4ccc(C(F)(F)F)cn4)CC3)cnc12. The van der Waals surface area contributed by atoms with E-state index in [9.17, 15) is 22.8 Å². The van der Waals surface area contributed by atoms with E-state index in [0.717, 1.165) is 17.8 Å². The number of aryl methyl sites for hydroxylation is 1. The molecule has 0 spiro atoms. The van der Waals surface area contributed by atoms with Crippen LogP contribution in [0, 0.1) is 6.92 Å². The number of carbonyl (C=O) groups excluding carboxylic acids is 1. The van der Waals surface area contributed by atoms with Crippen LogP contribution in [0.5, 0.6) is 0 Å². The number of amides is 1. The number of halogens is 3. The summed E-state index contributed by atoms with van der Waals surface area (Å²) in [6.45, 7) is 3.40. The highest BCUT2D eigenvalue weighted by molar-refractivity contribution is 5.81. The molecule has 0 unspecified atom stereocenters. The van der Waals surface area contributed by atoms with Crippen LogP contribution in [-0.2, 0) is 17.5 Å². The molecule has 1 saturated heterocycles. The van der Waals surface area contributed by atoms with Crippen LogP contribution in [0.1, 0.15) is 11.1 Å². The van der Waals surface area contributed by atoms with Gasteiger partial charge in [-0.1, -0.05) is 12.1 Å². The first-order valence-corrected chi connectivity index (χ1v) is 9.75. The number of anilines is 1. The lowest BCUT2D eigenvalue weighted by Crippen LogP contribution is -2.50. The first-order chi connectivity index (χ1) is 14.7. The third-order valence-electron chi connectivity index (χ3n) is 5.39. The van der Waals surface area contributed by atoms with E-state index >= 15 is 0 Å². The van der Waals surface area contributed by atoms with Crippen LogP contribution in [0.15, 0.2) is 47.7 Å². The quantitative estimate of drug-likeness (QED) is 0.637. The number of pyridine rings is 1. The summed E-state index contributed by atoms with van der Waals surface area (Å²) in [6, 6.07) is 7.68. The molecule has 10 heteroatoms. The predicted octanol–water partition coefficient (Wildman–Crippen LogP) is 2.47. The van der Waals surface area contributed by atoms with E-state index in [-0.39, 0.29) is 18.0 Å². The number of benzene rings is 1. The Hall–Kier alpha value is -3.43. The van der Waals surface area contributed by atoms with Crippen LogP contribution in [0.3, 0.4) is 0 Å². The van der Waals surface area contributed by atoms with Crippen LogP contribution in [0.2, 0.25) is 0 Å². The molecule has 2 aromatic heterocycles. The molecule has 3 aromatic rings. The molecule has 1 amide bonds. The molecule has 1 fully saturated rings. The number of rotatable bonds is 3. The number of nitrogens with zero attached hydrogens (tertiary/aromatic N) is 5. The molecule has 3 heterocycles. The van der Waals surface area contributed by atoms with Crippen molar-refractivity contribution in [3.63, 3.8) is 0 Å². The van der Waals surface area contributed by atoms with Crippen LogP contribution in [0.4, 0.5) is 19.0 Å². The van der Waals surface area contributed by atoms with Gasteiger partial charge in [-0.2, -0.15) is 13.2 Å². The highest BCUT2D eigenvalue weighted by atomic mass is 19.4. The Morgan fingerprint density at radius 2 is 1.81 bits per heavy atom. The molecule has 0 atom stereocenters. The lowest BCUT2D eigenvalue weighted by Gasteiger charge is -2.35. The van der Waals surface area contributed by atoms with Gasteiger partial charge < -0.3 is 9.80 Å². The molecule has 0 saturated carbocycles. The molecule has 1 aromatic carbocycles. The fraction of sp³-hybridized carbons (Fsp3) is 0.333. The Kier molecular flexibility index (Phi) is 5.38. The van der Waals surface area contributed by atoms with Gasteiger partial charge in [0, 0.05) is 32.4 Å². The molecule has 0 radical (unpaired) electrons. The predicted molar refractivity (Wildman–Crippen MR) is 109 cm³/mol. The second-order valence-electron chi connectivity index (χ2n) is 7.42. The van der Waals surface area contributed by atoms with Crippen molar-refractivity contribution in [2.75, 3.05) is 31.1 Å². The number of hydrogen-bond acceptors (Lipinski definition) is 5. The smallest absolute Gasteiger partial charge is 0.353 e. The first kappa shape index (κ1) is 20.8. The minimum Gasteiger partial charge on any atom is -0.353 e. The summed E-state index contributed by atoms with van der Waals surface area (Å²) < 4.78 is 39.4. The number of alkyl halides is 3. The van der Waals surface area contributed by atoms with E-state index in [0.29, 0.717) is 42.9 Å². The zero-order chi connectivity index (χ0) is 22.2. The number of hydrogen-bond donors (Lipinski definition) is 0. The molecule has 31 heavy (non-hydrogen) atoms. The summed E-state index contributed by atoms with van der Waals surface area (Å²) in [5.74, 6) is 0.223. The van der Waals surface area contributed by atoms with Crippen LogP contribution >= 0.6 is 0 Å². The van der Waals surface area contributed by atoms with Crippen molar-refractivity contribution in [3.8, 4) is 0 Å². The highest BCUT2D eigenvalue weighted by Crippen LogP contribution is 2.29. The van der Waals surface area contributed by atoms with E-state index in [4.69, 9.17) is 0 Å². The molecule has 162 valence electrons. The number of aromatic nitrogens is 3. The largest absolute Gasteiger partial charge is 0.417 e. The molecule has 0 aliphatic carbocycles. The minimum absolute atomic E-state index is 0.117. The number of fused-ring (bicyclic) bond motifs is 1. The van der Waals surface area contributed by atoms with Crippen molar-refractivity contribution in [2.24, 2.45) is 0 Å². The van der Waals surface area contributed by atoms with Crippen molar-refractivity contribution in [2.45, 2.75) is 19.6 Å². The molecule has 1 aliphatic rings. The van der Waals surface area contributed by atoms with Crippen LogP contribution in [0.25, 0.3) is 10.9 Å². The molecular weight excluding hydrogens is 411 g/mol. The number of para-hydroxylation sites is 1. The monoisotopic (exact) mass is 431 g/mol. The summed E-state index contributed by atoms with van der Waals surface area (Å²) in [7, 11) is 0. The summed E-state index contributed by atoms with van der Waals surface area (Å²) in [5, 5.41) is 0.466. The van der Waals surface area contributed by atoms with Gasteiger partial charge in [0.1, 0.15) is 12.4 Å². The van der Waals surface area contributed by atoms with E-state index in [1.165, 1.54) is 17.0 Å². The zero-order valence-electron chi connectivity index (χ0n) is 16.8. The third kappa shape index (κ3) is 4.23. The van der Waals surface area contributed by atoms with Gasteiger partial charge in [-0.15, -0.1) is 0 Å². The topological polar surface area (TPSA) is 71.3 Å². The Morgan fingerprint density at radius 3 is 2.45 bits per heavy atom. The zero-order valence-corrected chi connectivity index (χ0v) is 16.8. The van der Waals surface area contributed by atoms with Gasteiger partial charge in [0.2, 0.25) is 5.91 Å². The maximum Gasteiger partial charge on any atom is 0.417 e. The van der Waals surface area contributed by atoms with Crippen molar-refractivity contribution >= 4 is 22.6 Å². The Labute approximate surface area is 175 Å². The van der Waals surface area contributed by atoms with Gasteiger partial charge in [-0.25, -0.2) is 9.97 Å². The van der Waals surface area contributed by atoms with E-state index < -0.39 is 11.7 Å². The fourth-order valence-corrected chi connectivity index (χ4v) is 3.62. The van der Waals surface area contributed by atoms with E-state index in [2.05, 4.69) is 9.97 Å². The average Bonchev–Trinajstić information content (AvgIpc) is 2.76. The Morgan fingerprint density at radius 1 is 1.06 bits per heavy atom. The number of carbonyl (C=O) groups is 1. The standard InChI is InChI=1S/C21H20F3N5O2/c1-14-3-2-4-16-19(14)26-13-29(20(16)31)12-18(30)28-9-7-27(8-10-28)17-6-5-15(11-25-17)21(22,23)24/h2-6,11,13H,7-10,12H2,1H3. The Bertz CT molecular complexity index is 1170. The second-order valence-corrected chi connectivity index (χ2v) is 7.42. The van der Waals surface area contributed by atoms with Gasteiger partial charge in [-0.05, 0) is 30.7 Å². The molecular formula is C21H20F3N5O2. The maximum absolute atomic E-state index is 12.7. The average molecular weight is 431 g/mol. The molecule has 7 nitrogen and oxygen atoms in total. The third-order valence-corrected chi connectivity index (χ3v) is 5.39. The second kappa shape index (κ2) is 8.01. The van der Waals surface area contributed by atoms with Gasteiger partial charge in [-0.3, -0.25) is 14.2 Å². The summed E-state index contributed by atoms with van der Waals surface area (Å²) in [6.07, 6.45) is -2.23. The molecule has 0 N–H and O–H groups in total. The van der Waals surface area contributed by atoms with E-state index in [1.54, 1.807) is 17.0 Å². The van der Waals surface area contributed by atoms with Crippen molar-refractivity contribution < 1.29 is 18.0 Å². The molecule has 4 rings (SSSR count). The lowest BCUT2D eigenvalue weighted by atomic mass is 10.1. The summed E-state index contributed by atoms with van der Waals surface area (Å²) >= 11 is 0. The van der Waals surface area contributed by atoms with Crippen LogP contribution < -0.4 is 10.5 Å². The van der Waals surface area contributed by atoms with Crippen molar-refractivity contribution in [1.82, 2.24) is 19.4 Å². The molecule has 0 bridgehead atoms. The maximum atomic E-state index is 12.7. The molecule has 1 aliphatic heterocycles. The minimum atomic E-state index is -4.43. The normalized spacial score (nSPS) is 14.8. The lowest BCUT2D eigenvalue weighted by molar-refractivity contribution is -0.138. The van der Waals surface area contributed by atoms with Gasteiger partial charge >= 0.3 is 6.18 Å². The Balaban J connectivity index is 1.40. The fourth-order valence-electron chi connectivity index (χ4n) is 3.62. The van der Waals surface area contributed by atoms with Gasteiger partial charge in [0.05, 0.1) is 22.8 Å². The summed E-state index contributed by atoms with van der Waals surface area (Å²) in [4.78, 5) is 37.1. The summed E-state index contributed by atoms with van der Waals surface area (Å²) in [5.41, 5.74) is 0.444. The number of piperazine rings is 1. The van der Waals surface area contributed by atoms with Gasteiger partial charge in [0.25, 0.3) is 5.56 Å². The van der Waals surface area contributed by atoms with E-state index in [1.807, 2.05) is 17.9 Å². The highest BCUT2D eigenvalue weighted by Gasteiger charge is 2.31. The van der Waals surface area contributed by atoms with Gasteiger partial charge in [0.15, 0.2) is 0 Å². The van der Waals surface area contributed by atoms with Crippen molar-refractivity contribution in [3.05, 3.63) is 64.3 Å². The van der Waals surface area contributed by atoms with Crippen LogP contribution in [-0.4, -0.2) is 51.5 Å². The first-order valence-electron chi connectivity index (χ1n) is 9.75.